The standard InChI is InChI=1S/C47H50N4O.Pt/c1-11-15-33-22-23-48-44(24-33)50-42-19-13-12-16-40(42)41-21-20-36(28-43(41)50)52-37-26-34(47(8,9)10)25-35(27-37)51-32(7)45(31(6)49-51)46-38(29(2)3)17-14-18-39(46)30(4)5;/h12-14,16-26,29-30H,11,15H2,1-10H3;/q-2;+2. The molecule has 7 aromatic rings. The zero-order valence-corrected chi connectivity index (χ0v) is 34.9. The molecule has 0 spiro atoms. The van der Waals surface area contributed by atoms with Gasteiger partial charge in [-0.05, 0) is 89.0 Å². The number of pyridine rings is 1. The van der Waals surface area contributed by atoms with Crippen molar-refractivity contribution in [1.29, 1.82) is 0 Å². The molecule has 0 atom stereocenters. The number of benzene rings is 4. The summed E-state index contributed by atoms with van der Waals surface area (Å²) in [7, 11) is 0. The third-order valence-corrected chi connectivity index (χ3v) is 10.2. The average molecular weight is 882 g/mol. The minimum atomic E-state index is -0.134. The molecule has 0 aliphatic carbocycles. The summed E-state index contributed by atoms with van der Waals surface area (Å²) < 4.78 is 11.0. The van der Waals surface area contributed by atoms with E-state index in [0.717, 1.165) is 63.1 Å². The van der Waals surface area contributed by atoms with Crippen molar-refractivity contribution < 1.29 is 25.8 Å². The minimum absolute atomic E-state index is 0. The number of hydrogen-bond donors (Lipinski definition) is 0. The predicted molar refractivity (Wildman–Crippen MR) is 216 cm³/mol. The van der Waals surface area contributed by atoms with E-state index in [1.807, 2.05) is 16.9 Å². The molecule has 0 bridgehead atoms. The fourth-order valence-electron chi connectivity index (χ4n) is 7.53. The van der Waals surface area contributed by atoms with Crippen molar-refractivity contribution >= 4 is 21.8 Å². The van der Waals surface area contributed by atoms with E-state index in [1.54, 1.807) is 0 Å². The van der Waals surface area contributed by atoms with Gasteiger partial charge in [0.2, 0.25) is 0 Å². The van der Waals surface area contributed by atoms with Gasteiger partial charge in [0.05, 0.1) is 5.69 Å². The molecule has 0 amide bonds. The second kappa shape index (κ2) is 15.1. The maximum atomic E-state index is 6.71. The quantitative estimate of drug-likeness (QED) is 0.136. The number of para-hydroxylation sites is 1. The molecular formula is C47H50N4OPt. The van der Waals surface area contributed by atoms with Gasteiger partial charge in [0.25, 0.3) is 0 Å². The van der Waals surface area contributed by atoms with Crippen molar-refractivity contribution in [2.24, 2.45) is 0 Å². The topological polar surface area (TPSA) is 44.9 Å². The SMILES string of the molecule is CCCc1ccnc(-n2c3[c-]c(Oc4[c-]c(-n5nc(C)c(-c6c(C(C)C)cccc6C(C)C)c5C)cc(C(C)(C)C)c4)ccc3c3ccccc32)c1.[Pt+2]. The van der Waals surface area contributed by atoms with Crippen LogP contribution in [0.1, 0.15) is 107 Å². The van der Waals surface area contributed by atoms with Crippen LogP contribution in [0, 0.1) is 26.0 Å². The van der Waals surface area contributed by atoms with Crippen LogP contribution in [0.15, 0.2) is 85.1 Å². The largest absolute Gasteiger partial charge is 2.00 e. The monoisotopic (exact) mass is 881 g/mol. The van der Waals surface area contributed by atoms with Crippen LogP contribution in [-0.4, -0.2) is 19.3 Å². The van der Waals surface area contributed by atoms with Crippen molar-refractivity contribution in [3.63, 3.8) is 0 Å². The zero-order chi connectivity index (χ0) is 36.9. The molecule has 3 heterocycles. The van der Waals surface area contributed by atoms with Crippen LogP contribution < -0.4 is 4.74 Å². The number of fused-ring (bicyclic) bond motifs is 3. The van der Waals surface area contributed by atoms with Gasteiger partial charge in [0.15, 0.2) is 0 Å². The summed E-state index contributed by atoms with van der Waals surface area (Å²) in [6, 6.07) is 35.2. The summed E-state index contributed by atoms with van der Waals surface area (Å²) in [6.07, 6.45) is 3.99. The molecule has 53 heavy (non-hydrogen) atoms. The molecule has 274 valence electrons. The van der Waals surface area contributed by atoms with E-state index in [0.29, 0.717) is 23.3 Å². The van der Waals surface area contributed by atoms with E-state index in [2.05, 4.69) is 159 Å². The molecule has 4 aromatic carbocycles. The molecule has 0 aliphatic rings. The van der Waals surface area contributed by atoms with Crippen LogP contribution in [0.2, 0.25) is 0 Å². The van der Waals surface area contributed by atoms with Gasteiger partial charge in [0.1, 0.15) is 5.82 Å². The van der Waals surface area contributed by atoms with E-state index in [-0.39, 0.29) is 26.5 Å². The Hall–Kier alpha value is -4.47. The maximum Gasteiger partial charge on any atom is 2.00 e. The van der Waals surface area contributed by atoms with Gasteiger partial charge in [-0.25, -0.2) is 4.98 Å². The number of aryl methyl sites for hydroxylation is 2. The van der Waals surface area contributed by atoms with Gasteiger partial charge in [-0.1, -0.05) is 104 Å². The summed E-state index contributed by atoms with van der Waals surface area (Å²) in [5, 5.41) is 7.44. The number of ether oxygens (including phenoxy) is 1. The molecule has 0 aliphatic heterocycles. The third-order valence-electron chi connectivity index (χ3n) is 10.2. The maximum absolute atomic E-state index is 6.71. The first kappa shape index (κ1) is 38.3. The number of aromatic nitrogens is 4. The zero-order valence-electron chi connectivity index (χ0n) is 32.7. The van der Waals surface area contributed by atoms with E-state index in [9.17, 15) is 0 Å². The van der Waals surface area contributed by atoms with Crippen LogP contribution in [0.4, 0.5) is 0 Å². The first-order valence-electron chi connectivity index (χ1n) is 18.7. The van der Waals surface area contributed by atoms with Crippen molar-refractivity contribution in [2.75, 3.05) is 0 Å². The molecule has 6 heteroatoms. The van der Waals surface area contributed by atoms with Gasteiger partial charge < -0.3 is 9.30 Å². The van der Waals surface area contributed by atoms with E-state index in [4.69, 9.17) is 14.8 Å². The van der Waals surface area contributed by atoms with Crippen LogP contribution in [0.3, 0.4) is 0 Å². The predicted octanol–water partition coefficient (Wildman–Crippen LogP) is 12.5. The Morgan fingerprint density at radius 3 is 2.17 bits per heavy atom. The first-order chi connectivity index (χ1) is 24.8. The Kier molecular flexibility index (Phi) is 10.9. The molecule has 0 saturated heterocycles. The Morgan fingerprint density at radius 1 is 0.774 bits per heavy atom. The van der Waals surface area contributed by atoms with Gasteiger partial charge in [0, 0.05) is 34.5 Å². The Bertz CT molecular complexity index is 2400. The van der Waals surface area contributed by atoms with Crippen molar-refractivity contribution in [3.05, 3.63) is 131 Å². The van der Waals surface area contributed by atoms with Crippen molar-refractivity contribution in [3.8, 4) is 34.1 Å². The van der Waals surface area contributed by atoms with Gasteiger partial charge in [-0.3, -0.25) is 4.68 Å². The van der Waals surface area contributed by atoms with Crippen LogP contribution in [-0.2, 0) is 32.9 Å². The summed E-state index contributed by atoms with van der Waals surface area (Å²) >= 11 is 0. The molecule has 0 fully saturated rings. The molecule has 0 radical (unpaired) electrons. The molecule has 3 aromatic heterocycles. The first-order valence-corrected chi connectivity index (χ1v) is 18.7. The average Bonchev–Trinajstić information content (AvgIpc) is 3.59. The molecule has 0 unspecified atom stereocenters. The molecule has 0 saturated carbocycles. The van der Waals surface area contributed by atoms with Gasteiger partial charge >= 0.3 is 21.1 Å². The number of rotatable bonds is 9. The van der Waals surface area contributed by atoms with Crippen molar-refractivity contribution in [1.82, 2.24) is 19.3 Å². The Balaban J connectivity index is 0.00000481. The van der Waals surface area contributed by atoms with Crippen molar-refractivity contribution in [2.45, 2.75) is 99.3 Å². The van der Waals surface area contributed by atoms with E-state index in [1.165, 1.54) is 27.8 Å². The smallest absolute Gasteiger partial charge is 0.509 e. The summed E-state index contributed by atoms with van der Waals surface area (Å²) in [6.45, 7) is 22.3. The Morgan fingerprint density at radius 2 is 1.49 bits per heavy atom. The summed E-state index contributed by atoms with van der Waals surface area (Å²) in [4.78, 5) is 4.82. The van der Waals surface area contributed by atoms with E-state index >= 15 is 0 Å². The number of nitrogens with zero attached hydrogens (tertiary/aromatic N) is 4. The van der Waals surface area contributed by atoms with Gasteiger partial charge in [-0.15, -0.1) is 41.3 Å². The second-order valence-electron chi connectivity index (χ2n) is 15.8. The molecule has 0 N–H and O–H groups in total. The summed E-state index contributed by atoms with van der Waals surface area (Å²) in [5.74, 6) is 2.90. The van der Waals surface area contributed by atoms with Gasteiger partial charge in [-0.2, -0.15) is 11.2 Å². The molecule has 7 rings (SSSR count). The normalized spacial score (nSPS) is 11.9. The van der Waals surface area contributed by atoms with E-state index < -0.39 is 0 Å². The second-order valence-corrected chi connectivity index (χ2v) is 15.8. The number of hydrogen-bond acceptors (Lipinski definition) is 3. The fraction of sp³-hybridized carbons (Fsp3) is 0.319. The van der Waals surface area contributed by atoms with Crippen LogP contribution in [0.25, 0.3) is 44.4 Å². The molecule has 5 nitrogen and oxygen atoms in total. The minimum Gasteiger partial charge on any atom is -0.509 e. The summed E-state index contributed by atoms with van der Waals surface area (Å²) in [5.41, 5.74) is 12.5. The molecular weight excluding hydrogens is 832 g/mol. The van der Waals surface area contributed by atoms with Crippen LogP contribution in [0.5, 0.6) is 11.5 Å². The third kappa shape index (κ3) is 7.26. The fourth-order valence-corrected chi connectivity index (χ4v) is 7.53. The van der Waals surface area contributed by atoms with Crippen LogP contribution >= 0.6 is 0 Å². The Labute approximate surface area is 329 Å².